The van der Waals surface area contributed by atoms with Crippen LogP contribution in [0.5, 0.6) is 0 Å². The van der Waals surface area contributed by atoms with Gasteiger partial charge in [-0.15, -0.1) is 0 Å². The van der Waals surface area contributed by atoms with Crippen molar-refractivity contribution in [1.29, 1.82) is 0 Å². The second kappa shape index (κ2) is 5.11. The van der Waals surface area contributed by atoms with Crippen LogP contribution in [0, 0.1) is 0 Å². The minimum absolute atomic E-state index is 0.110. The van der Waals surface area contributed by atoms with Gasteiger partial charge < -0.3 is 10.1 Å². The number of hydrogen-bond donors (Lipinski definition) is 1. The van der Waals surface area contributed by atoms with Crippen molar-refractivity contribution >= 4 is 5.91 Å². The van der Waals surface area contributed by atoms with Crippen LogP contribution in [-0.4, -0.2) is 25.2 Å². The maximum atomic E-state index is 11.8. The van der Waals surface area contributed by atoms with E-state index in [9.17, 15) is 4.79 Å². The third-order valence-corrected chi connectivity index (χ3v) is 3.78. The largest absolute Gasteiger partial charge is 0.377 e. The number of amides is 1. The Labute approximate surface area is 108 Å². The summed E-state index contributed by atoms with van der Waals surface area (Å²) in [7, 11) is 0. The van der Waals surface area contributed by atoms with Crippen molar-refractivity contribution in [3.63, 3.8) is 0 Å². The van der Waals surface area contributed by atoms with Gasteiger partial charge in [-0.1, -0.05) is 18.2 Å². The van der Waals surface area contributed by atoms with Gasteiger partial charge >= 0.3 is 0 Å². The lowest BCUT2D eigenvalue weighted by molar-refractivity contribution is -0.124. The van der Waals surface area contributed by atoms with E-state index in [1.54, 1.807) is 0 Å². The number of nitrogens with one attached hydrogen (secondary N) is 1. The van der Waals surface area contributed by atoms with Gasteiger partial charge in [0.1, 0.15) is 0 Å². The maximum absolute atomic E-state index is 11.8. The zero-order valence-corrected chi connectivity index (χ0v) is 10.6. The van der Waals surface area contributed by atoms with E-state index in [4.69, 9.17) is 4.74 Å². The Hall–Kier alpha value is -1.35. The standard InChI is InChI=1S/C15H19NO2/c17-15(16-14-9-18-10-14)8-11-5-6-12-3-1-2-4-13(12)7-11/h5-7,14H,1-4,8-10H2,(H,16,17). The van der Waals surface area contributed by atoms with Gasteiger partial charge in [0.2, 0.25) is 5.91 Å². The second-order valence-electron chi connectivity index (χ2n) is 5.29. The fourth-order valence-corrected chi connectivity index (χ4v) is 2.68. The molecule has 1 heterocycles. The number of aryl methyl sites for hydroxylation is 2. The number of benzene rings is 1. The van der Waals surface area contributed by atoms with Crippen LogP contribution in [0.1, 0.15) is 29.5 Å². The summed E-state index contributed by atoms with van der Waals surface area (Å²) in [5.74, 6) is 0.110. The van der Waals surface area contributed by atoms with E-state index >= 15 is 0 Å². The highest BCUT2D eigenvalue weighted by Gasteiger charge is 2.20. The molecule has 0 spiro atoms. The van der Waals surface area contributed by atoms with Crippen LogP contribution in [0.4, 0.5) is 0 Å². The van der Waals surface area contributed by atoms with Crippen LogP contribution in [0.15, 0.2) is 18.2 Å². The molecule has 18 heavy (non-hydrogen) atoms. The zero-order valence-electron chi connectivity index (χ0n) is 10.6. The summed E-state index contributed by atoms with van der Waals surface area (Å²) >= 11 is 0. The summed E-state index contributed by atoms with van der Waals surface area (Å²) in [4.78, 5) is 11.8. The normalized spacial score (nSPS) is 18.9. The molecule has 0 atom stereocenters. The highest BCUT2D eigenvalue weighted by atomic mass is 16.5. The van der Waals surface area contributed by atoms with Crippen molar-refractivity contribution in [2.45, 2.75) is 38.1 Å². The van der Waals surface area contributed by atoms with E-state index in [1.807, 2.05) is 0 Å². The molecular formula is C15H19NO2. The molecule has 1 aliphatic heterocycles. The molecule has 0 radical (unpaired) electrons. The van der Waals surface area contributed by atoms with E-state index in [1.165, 1.54) is 36.8 Å². The van der Waals surface area contributed by atoms with E-state index in [0.717, 1.165) is 5.56 Å². The number of hydrogen-bond acceptors (Lipinski definition) is 2. The molecule has 1 aromatic carbocycles. The van der Waals surface area contributed by atoms with Crippen LogP contribution < -0.4 is 5.32 Å². The van der Waals surface area contributed by atoms with Gasteiger partial charge in [0.25, 0.3) is 0 Å². The van der Waals surface area contributed by atoms with Crippen LogP contribution in [0.3, 0.4) is 0 Å². The molecule has 1 amide bonds. The molecule has 1 N–H and O–H groups in total. The van der Waals surface area contributed by atoms with Crippen molar-refractivity contribution < 1.29 is 9.53 Å². The van der Waals surface area contributed by atoms with Crippen molar-refractivity contribution in [2.24, 2.45) is 0 Å². The monoisotopic (exact) mass is 245 g/mol. The van der Waals surface area contributed by atoms with Gasteiger partial charge in [0.15, 0.2) is 0 Å². The average molecular weight is 245 g/mol. The Kier molecular flexibility index (Phi) is 3.33. The Morgan fingerprint density at radius 3 is 2.72 bits per heavy atom. The van der Waals surface area contributed by atoms with E-state index < -0.39 is 0 Å². The Morgan fingerprint density at radius 1 is 1.22 bits per heavy atom. The van der Waals surface area contributed by atoms with Crippen molar-refractivity contribution in [3.05, 3.63) is 34.9 Å². The molecule has 0 saturated carbocycles. The van der Waals surface area contributed by atoms with Gasteiger partial charge in [-0.2, -0.15) is 0 Å². The van der Waals surface area contributed by atoms with Crippen molar-refractivity contribution in [1.82, 2.24) is 5.32 Å². The molecular weight excluding hydrogens is 226 g/mol. The lowest BCUT2D eigenvalue weighted by atomic mass is 9.90. The van der Waals surface area contributed by atoms with Crippen molar-refractivity contribution in [2.75, 3.05) is 13.2 Å². The van der Waals surface area contributed by atoms with Gasteiger partial charge in [-0.05, 0) is 42.4 Å². The summed E-state index contributed by atoms with van der Waals surface area (Å²) in [5, 5.41) is 2.98. The first-order valence-corrected chi connectivity index (χ1v) is 6.79. The smallest absolute Gasteiger partial charge is 0.224 e. The molecule has 96 valence electrons. The molecule has 0 aromatic heterocycles. The average Bonchev–Trinajstić information content (AvgIpc) is 2.34. The third-order valence-electron chi connectivity index (χ3n) is 3.78. The van der Waals surface area contributed by atoms with E-state index in [-0.39, 0.29) is 11.9 Å². The van der Waals surface area contributed by atoms with Gasteiger partial charge in [-0.3, -0.25) is 4.79 Å². The summed E-state index contributed by atoms with van der Waals surface area (Å²) in [6.45, 7) is 1.33. The first kappa shape index (κ1) is 11.7. The van der Waals surface area contributed by atoms with E-state index in [2.05, 4.69) is 23.5 Å². The van der Waals surface area contributed by atoms with Gasteiger partial charge in [-0.25, -0.2) is 0 Å². The van der Waals surface area contributed by atoms with Crippen LogP contribution in [-0.2, 0) is 28.8 Å². The molecule has 3 rings (SSSR count). The molecule has 3 nitrogen and oxygen atoms in total. The minimum atomic E-state index is 0.110. The molecule has 1 aliphatic carbocycles. The van der Waals surface area contributed by atoms with Crippen LogP contribution in [0.25, 0.3) is 0 Å². The number of carbonyl (C=O) groups excluding carboxylic acids is 1. The predicted octanol–water partition coefficient (Wildman–Crippen LogP) is 1.62. The highest BCUT2D eigenvalue weighted by Crippen LogP contribution is 2.22. The van der Waals surface area contributed by atoms with Crippen molar-refractivity contribution in [3.8, 4) is 0 Å². The SMILES string of the molecule is O=C(Cc1ccc2c(c1)CCCC2)NC1COC1. The fraction of sp³-hybridized carbons (Fsp3) is 0.533. The number of rotatable bonds is 3. The lowest BCUT2D eigenvalue weighted by Crippen LogP contribution is -2.49. The minimum Gasteiger partial charge on any atom is -0.377 e. The molecule has 0 bridgehead atoms. The quantitative estimate of drug-likeness (QED) is 0.879. The second-order valence-corrected chi connectivity index (χ2v) is 5.29. The van der Waals surface area contributed by atoms with Gasteiger partial charge in [0, 0.05) is 0 Å². The third kappa shape index (κ3) is 2.56. The summed E-state index contributed by atoms with van der Waals surface area (Å²) in [5.41, 5.74) is 4.05. The summed E-state index contributed by atoms with van der Waals surface area (Å²) < 4.78 is 5.05. The summed E-state index contributed by atoms with van der Waals surface area (Å²) in [6, 6.07) is 6.74. The fourth-order valence-electron chi connectivity index (χ4n) is 2.68. The topological polar surface area (TPSA) is 38.3 Å². The molecule has 2 aliphatic rings. The number of carbonyl (C=O) groups is 1. The highest BCUT2D eigenvalue weighted by molar-refractivity contribution is 5.79. The lowest BCUT2D eigenvalue weighted by Gasteiger charge is -2.26. The maximum Gasteiger partial charge on any atom is 0.224 e. The molecule has 1 aromatic rings. The Morgan fingerprint density at radius 2 is 2.00 bits per heavy atom. The Bertz CT molecular complexity index is 452. The van der Waals surface area contributed by atoms with Crippen LogP contribution in [0.2, 0.25) is 0 Å². The zero-order chi connectivity index (χ0) is 12.4. The molecule has 1 saturated heterocycles. The first-order chi connectivity index (χ1) is 8.81. The molecule has 3 heteroatoms. The first-order valence-electron chi connectivity index (χ1n) is 6.79. The number of fused-ring (bicyclic) bond motifs is 1. The van der Waals surface area contributed by atoms with Crippen LogP contribution >= 0.6 is 0 Å². The van der Waals surface area contributed by atoms with Gasteiger partial charge in [0.05, 0.1) is 25.7 Å². The van der Waals surface area contributed by atoms with E-state index in [0.29, 0.717) is 19.6 Å². The summed E-state index contributed by atoms with van der Waals surface area (Å²) in [6.07, 6.45) is 5.43. The molecule has 1 fully saturated rings. The number of ether oxygens (including phenoxy) is 1. The molecule has 0 unspecified atom stereocenters. The Balaban J connectivity index is 1.63. The predicted molar refractivity (Wildman–Crippen MR) is 69.5 cm³/mol.